The van der Waals surface area contributed by atoms with Crippen molar-refractivity contribution in [3.8, 4) is 0 Å². The molecule has 0 aromatic carbocycles. The number of aromatic nitrogens is 1. The molecular weight excluding hydrogens is 273 g/mol. The lowest BCUT2D eigenvalue weighted by Crippen LogP contribution is -2.55. The summed E-state index contributed by atoms with van der Waals surface area (Å²) in [6.07, 6.45) is 0.484. The second-order valence-corrected chi connectivity index (χ2v) is 4.68. The highest BCUT2D eigenvalue weighted by molar-refractivity contribution is 5.74. The van der Waals surface area contributed by atoms with E-state index >= 15 is 0 Å². The third-order valence-corrected chi connectivity index (χ3v) is 3.55. The van der Waals surface area contributed by atoms with Crippen molar-refractivity contribution in [1.29, 1.82) is 0 Å². The average Bonchev–Trinajstić information content (AvgIpc) is 2.35. The number of nitrogens with zero attached hydrogens (tertiary/aromatic N) is 2. The first-order valence-corrected chi connectivity index (χ1v) is 5.85. The van der Waals surface area contributed by atoms with E-state index < -0.39 is 36.0 Å². The lowest BCUT2D eigenvalue weighted by Gasteiger charge is -2.45. The zero-order valence-electron chi connectivity index (χ0n) is 10.1. The standard InChI is InChI=1S/C12H11F3N4O/c13-9-7(3-5(16)4-18-9)12(10(14)15)6-1-2-8(6)20-11(17)19-12/h1-4,6,8,10H,16H2,(H2,17,19)/t6-,8+,12-/m0/s1. The van der Waals surface area contributed by atoms with Crippen molar-refractivity contribution < 1.29 is 17.9 Å². The van der Waals surface area contributed by atoms with Crippen LogP contribution in [0.15, 0.2) is 29.4 Å². The second-order valence-electron chi connectivity index (χ2n) is 4.68. The lowest BCUT2D eigenvalue weighted by atomic mass is 9.70. The molecule has 8 heteroatoms. The highest BCUT2D eigenvalue weighted by Gasteiger charge is 2.57. The number of nitrogens with two attached hydrogens (primary N) is 2. The molecule has 1 aliphatic carbocycles. The number of nitrogen functional groups attached to an aromatic ring is 1. The van der Waals surface area contributed by atoms with Crippen molar-refractivity contribution in [1.82, 2.24) is 4.98 Å². The van der Waals surface area contributed by atoms with Crippen molar-refractivity contribution in [3.05, 3.63) is 35.9 Å². The Morgan fingerprint density at radius 2 is 2.05 bits per heavy atom. The number of anilines is 1. The van der Waals surface area contributed by atoms with E-state index in [4.69, 9.17) is 16.2 Å². The van der Waals surface area contributed by atoms with Crippen LogP contribution in [0.5, 0.6) is 0 Å². The van der Waals surface area contributed by atoms with E-state index in [1.807, 2.05) is 0 Å². The molecule has 0 radical (unpaired) electrons. The maximum atomic E-state index is 13.9. The van der Waals surface area contributed by atoms with Crippen molar-refractivity contribution in [2.24, 2.45) is 16.6 Å². The number of pyridine rings is 1. The molecule has 0 saturated carbocycles. The monoisotopic (exact) mass is 284 g/mol. The van der Waals surface area contributed by atoms with E-state index in [2.05, 4.69) is 9.98 Å². The highest BCUT2D eigenvalue weighted by Crippen LogP contribution is 2.49. The highest BCUT2D eigenvalue weighted by atomic mass is 19.3. The summed E-state index contributed by atoms with van der Waals surface area (Å²) in [7, 11) is 0. The van der Waals surface area contributed by atoms with Crippen LogP contribution in [-0.4, -0.2) is 23.5 Å². The van der Waals surface area contributed by atoms with Crippen molar-refractivity contribution >= 4 is 11.7 Å². The molecule has 0 fully saturated rings. The largest absolute Gasteiger partial charge is 0.457 e. The molecule has 0 bridgehead atoms. The van der Waals surface area contributed by atoms with Crippen LogP contribution in [0.2, 0.25) is 0 Å². The van der Waals surface area contributed by atoms with E-state index in [9.17, 15) is 13.2 Å². The predicted octanol–water partition coefficient (Wildman–Crippen LogP) is 1.16. The summed E-state index contributed by atoms with van der Waals surface area (Å²) in [5, 5.41) is 0. The number of amidine groups is 1. The van der Waals surface area contributed by atoms with E-state index in [0.717, 1.165) is 12.3 Å². The SMILES string of the molecule is NC1=N[C@@](c2cc(N)cnc2F)(C(F)F)[C@H]2C=C[C@H]2O1. The first-order chi connectivity index (χ1) is 9.45. The summed E-state index contributed by atoms with van der Waals surface area (Å²) in [5.74, 6) is -1.86. The molecule has 1 aromatic heterocycles. The van der Waals surface area contributed by atoms with Gasteiger partial charge >= 0.3 is 0 Å². The molecule has 1 aliphatic heterocycles. The fraction of sp³-hybridized carbons (Fsp3) is 0.333. The van der Waals surface area contributed by atoms with E-state index in [1.54, 1.807) is 6.08 Å². The number of rotatable bonds is 2. The maximum Gasteiger partial charge on any atom is 0.283 e. The quantitative estimate of drug-likeness (QED) is 0.630. The number of hydrogen-bond acceptors (Lipinski definition) is 5. The van der Waals surface area contributed by atoms with Crippen LogP contribution >= 0.6 is 0 Å². The normalized spacial score (nSPS) is 31.3. The van der Waals surface area contributed by atoms with Crippen LogP contribution in [-0.2, 0) is 10.3 Å². The summed E-state index contributed by atoms with van der Waals surface area (Å²) in [6.45, 7) is 0. The summed E-state index contributed by atoms with van der Waals surface area (Å²) < 4.78 is 46.5. The molecule has 0 unspecified atom stereocenters. The topological polar surface area (TPSA) is 86.5 Å². The van der Waals surface area contributed by atoms with Crippen molar-refractivity contribution in [2.75, 3.05) is 5.73 Å². The van der Waals surface area contributed by atoms with Gasteiger partial charge in [-0.05, 0) is 12.1 Å². The fourth-order valence-electron chi connectivity index (χ4n) is 2.54. The molecule has 5 nitrogen and oxygen atoms in total. The van der Waals surface area contributed by atoms with Gasteiger partial charge in [-0.3, -0.25) is 0 Å². The van der Waals surface area contributed by atoms with Gasteiger partial charge in [0.25, 0.3) is 12.4 Å². The summed E-state index contributed by atoms with van der Waals surface area (Å²) in [5.41, 5.74) is 8.51. The van der Waals surface area contributed by atoms with E-state index in [0.29, 0.717) is 0 Å². The van der Waals surface area contributed by atoms with Crippen molar-refractivity contribution in [2.45, 2.75) is 18.1 Å². The number of alkyl halides is 2. The summed E-state index contributed by atoms with van der Waals surface area (Å²) >= 11 is 0. The Bertz CT molecular complexity index is 619. The molecule has 1 aromatic rings. The third kappa shape index (κ3) is 1.57. The smallest absolute Gasteiger partial charge is 0.283 e. The number of ether oxygens (including phenoxy) is 1. The fourth-order valence-corrected chi connectivity index (χ4v) is 2.54. The van der Waals surface area contributed by atoms with Crippen LogP contribution < -0.4 is 11.5 Å². The molecule has 2 aliphatic rings. The molecule has 3 atom stereocenters. The van der Waals surface area contributed by atoms with Gasteiger partial charge in [0.05, 0.1) is 17.8 Å². The van der Waals surface area contributed by atoms with Gasteiger partial charge in [-0.1, -0.05) is 6.08 Å². The van der Waals surface area contributed by atoms with Crippen molar-refractivity contribution in [3.63, 3.8) is 0 Å². The zero-order valence-corrected chi connectivity index (χ0v) is 10.1. The minimum atomic E-state index is -2.99. The van der Waals surface area contributed by atoms with Gasteiger partial charge in [0.15, 0.2) is 5.54 Å². The van der Waals surface area contributed by atoms with Gasteiger partial charge in [-0.25, -0.2) is 18.8 Å². The number of hydrogen-bond donors (Lipinski definition) is 2. The molecule has 3 rings (SSSR count). The molecule has 106 valence electrons. The first-order valence-electron chi connectivity index (χ1n) is 5.85. The van der Waals surface area contributed by atoms with Crippen LogP contribution in [0.4, 0.5) is 18.9 Å². The minimum absolute atomic E-state index is 0.0709. The maximum absolute atomic E-state index is 13.9. The molecule has 20 heavy (non-hydrogen) atoms. The Labute approximate surface area is 112 Å². The Morgan fingerprint density at radius 3 is 2.65 bits per heavy atom. The van der Waals surface area contributed by atoms with Gasteiger partial charge in [0, 0.05) is 5.56 Å². The summed E-state index contributed by atoms with van der Waals surface area (Å²) in [4.78, 5) is 7.09. The average molecular weight is 284 g/mol. The number of fused-ring (bicyclic) bond motifs is 1. The van der Waals surface area contributed by atoms with Crippen LogP contribution in [0.1, 0.15) is 5.56 Å². The lowest BCUT2D eigenvalue weighted by molar-refractivity contribution is -0.0285. The second kappa shape index (κ2) is 4.12. The van der Waals surface area contributed by atoms with Gasteiger partial charge in [0.1, 0.15) is 6.10 Å². The van der Waals surface area contributed by atoms with Gasteiger partial charge in [0.2, 0.25) is 5.95 Å². The van der Waals surface area contributed by atoms with Crippen LogP contribution in [0.25, 0.3) is 0 Å². The zero-order chi connectivity index (χ0) is 14.5. The van der Waals surface area contributed by atoms with Gasteiger partial charge in [-0.15, -0.1) is 0 Å². The first kappa shape index (κ1) is 12.8. The van der Waals surface area contributed by atoms with Crippen LogP contribution in [0, 0.1) is 11.9 Å². The molecule has 2 heterocycles. The Balaban J connectivity index is 2.24. The molecular formula is C12H11F3N4O. The minimum Gasteiger partial charge on any atom is -0.457 e. The Kier molecular flexibility index (Phi) is 2.63. The van der Waals surface area contributed by atoms with Crippen LogP contribution in [0.3, 0.4) is 0 Å². The third-order valence-electron chi connectivity index (χ3n) is 3.55. The van der Waals surface area contributed by atoms with E-state index in [-0.39, 0.29) is 11.3 Å². The predicted molar refractivity (Wildman–Crippen MR) is 65.4 cm³/mol. The van der Waals surface area contributed by atoms with Gasteiger partial charge in [-0.2, -0.15) is 4.39 Å². The van der Waals surface area contributed by atoms with Gasteiger partial charge < -0.3 is 16.2 Å². The molecule has 0 saturated heterocycles. The number of aliphatic imine (C=N–C) groups is 1. The van der Waals surface area contributed by atoms with E-state index in [1.165, 1.54) is 6.08 Å². The summed E-state index contributed by atoms with van der Waals surface area (Å²) in [6, 6.07) is 0.706. The molecule has 0 spiro atoms. The Morgan fingerprint density at radius 1 is 1.30 bits per heavy atom. The molecule has 4 N–H and O–H groups in total. The number of halogens is 3. The Hall–Kier alpha value is -2.25. The molecule has 0 amide bonds.